The Morgan fingerprint density at radius 3 is 2.61 bits per heavy atom. The van der Waals surface area contributed by atoms with Crippen LogP contribution in [0.4, 0.5) is 0 Å². The van der Waals surface area contributed by atoms with Crippen LogP contribution < -0.4 is 18.9 Å². The number of Topliss-reactive ketones (excluding diaryl/α,β-unsaturated/α-hetero) is 2. The van der Waals surface area contributed by atoms with E-state index >= 15 is 0 Å². The number of fused-ring (bicyclic) bond motifs is 2. The summed E-state index contributed by atoms with van der Waals surface area (Å²) in [5.74, 6) is 1.89. The predicted molar refractivity (Wildman–Crippen MR) is 113 cm³/mol. The Labute approximate surface area is 182 Å². The molecular formula is C24H15ClO6. The molecule has 0 radical (unpaired) electrons. The van der Waals surface area contributed by atoms with Crippen LogP contribution in [-0.4, -0.2) is 25.0 Å². The topological polar surface area (TPSA) is 71.1 Å². The smallest absolute Gasteiger partial charge is 0.231 e. The highest BCUT2D eigenvalue weighted by Crippen LogP contribution is 2.37. The SMILES string of the molecule is O=C(COc1ccc2c(c1)O/C(=C\c1ccc3c(c1)OCO3)C2=O)c1ccc(Cl)cc1. The number of benzene rings is 3. The third-order valence-electron chi connectivity index (χ3n) is 4.87. The van der Waals surface area contributed by atoms with Crippen molar-refractivity contribution in [3.05, 3.63) is 88.1 Å². The first-order chi connectivity index (χ1) is 15.1. The Morgan fingerprint density at radius 1 is 0.968 bits per heavy atom. The molecule has 3 aromatic rings. The summed E-state index contributed by atoms with van der Waals surface area (Å²) in [5.41, 5.74) is 1.69. The van der Waals surface area contributed by atoms with Gasteiger partial charge in [0.15, 0.2) is 29.6 Å². The summed E-state index contributed by atoms with van der Waals surface area (Å²) in [6.45, 7) is 0.0355. The van der Waals surface area contributed by atoms with E-state index in [2.05, 4.69) is 0 Å². The second-order valence-electron chi connectivity index (χ2n) is 6.93. The van der Waals surface area contributed by atoms with E-state index in [4.69, 9.17) is 30.5 Å². The van der Waals surface area contributed by atoms with E-state index in [0.717, 1.165) is 5.56 Å². The van der Waals surface area contributed by atoms with Crippen molar-refractivity contribution in [2.24, 2.45) is 0 Å². The van der Waals surface area contributed by atoms with E-state index in [1.54, 1.807) is 60.7 Å². The third kappa shape index (κ3) is 3.85. The largest absolute Gasteiger partial charge is 0.485 e. The molecule has 7 heteroatoms. The van der Waals surface area contributed by atoms with Crippen LogP contribution in [0.2, 0.25) is 5.02 Å². The molecule has 0 spiro atoms. The van der Waals surface area contributed by atoms with Gasteiger partial charge in [-0.3, -0.25) is 9.59 Å². The van der Waals surface area contributed by atoms with E-state index in [-0.39, 0.29) is 30.7 Å². The van der Waals surface area contributed by atoms with Gasteiger partial charge in [0.1, 0.15) is 11.5 Å². The molecule has 154 valence electrons. The number of ketones is 2. The Morgan fingerprint density at radius 2 is 1.77 bits per heavy atom. The number of hydrogen-bond acceptors (Lipinski definition) is 6. The quantitative estimate of drug-likeness (QED) is 0.418. The van der Waals surface area contributed by atoms with E-state index in [1.165, 1.54) is 0 Å². The van der Waals surface area contributed by atoms with Crippen molar-refractivity contribution in [2.75, 3.05) is 13.4 Å². The van der Waals surface area contributed by atoms with Crippen LogP contribution in [0.3, 0.4) is 0 Å². The number of carbonyl (C=O) groups excluding carboxylic acids is 2. The zero-order chi connectivity index (χ0) is 21.4. The van der Waals surface area contributed by atoms with Crippen molar-refractivity contribution in [1.82, 2.24) is 0 Å². The number of allylic oxidation sites excluding steroid dienone is 1. The summed E-state index contributed by atoms with van der Waals surface area (Å²) in [5, 5.41) is 0.558. The molecule has 0 unspecified atom stereocenters. The second kappa shape index (κ2) is 7.81. The van der Waals surface area contributed by atoms with Crippen LogP contribution in [0.15, 0.2) is 66.4 Å². The van der Waals surface area contributed by atoms with Crippen molar-refractivity contribution >= 4 is 29.2 Å². The summed E-state index contributed by atoms with van der Waals surface area (Å²) < 4.78 is 22.0. The number of ether oxygens (including phenoxy) is 4. The maximum Gasteiger partial charge on any atom is 0.231 e. The van der Waals surface area contributed by atoms with Gasteiger partial charge in [-0.15, -0.1) is 0 Å². The Kier molecular flexibility index (Phi) is 4.84. The standard InChI is InChI=1S/C24H15ClO6/c25-16-4-2-15(3-5-16)19(26)12-28-17-6-7-18-21(11-17)31-23(24(18)27)10-14-1-8-20-22(9-14)30-13-29-20/h1-11H,12-13H2/b23-10-. The van der Waals surface area contributed by atoms with Crippen LogP contribution >= 0.6 is 11.6 Å². The lowest BCUT2D eigenvalue weighted by atomic mass is 10.1. The van der Waals surface area contributed by atoms with Crippen LogP contribution in [-0.2, 0) is 0 Å². The van der Waals surface area contributed by atoms with Gasteiger partial charge in [-0.25, -0.2) is 0 Å². The van der Waals surface area contributed by atoms with Crippen molar-refractivity contribution < 1.29 is 28.5 Å². The zero-order valence-corrected chi connectivity index (χ0v) is 16.8. The second-order valence-corrected chi connectivity index (χ2v) is 7.37. The first kappa shape index (κ1) is 19.2. The lowest BCUT2D eigenvalue weighted by Crippen LogP contribution is -2.11. The summed E-state index contributed by atoms with van der Waals surface area (Å²) in [6, 6.07) is 16.8. The lowest BCUT2D eigenvalue weighted by Gasteiger charge is -2.07. The van der Waals surface area contributed by atoms with Gasteiger partial charge in [0.05, 0.1) is 5.56 Å². The maximum atomic E-state index is 12.7. The van der Waals surface area contributed by atoms with Gasteiger partial charge < -0.3 is 18.9 Å². The molecule has 0 fully saturated rings. The average molecular weight is 435 g/mol. The van der Waals surface area contributed by atoms with Gasteiger partial charge in [0.2, 0.25) is 12.6 Å². The highest BCUT2D eigenvalue weighted by atomic mass is 35.5. The average Bonchev–Trinajstić information content (AvgIpc) is 3.36. The molecule has 0 aromatic heterocycles. The zero-order valence-electron chi connectivity index (χ0n) is 16.1. The van der Waals surface area contributed by atoms with Gasteiger partial charge in [0, 0.05) is 16.7 Å². The minimum Gasteiger partial charge on any atom is -0.485 e. The molecule has 31 heavy (non-hydrogen) atoms. The molecule has 0 saturated heterocycles. The van der Waals surface area contributed by atoms with E-state index in [0.29, 0.717) is 39.1 Å². The molecule has 6 nitrogen and oxygen atoms in total. The Hall–Kier alpha value is -3.77. The van der Waals surface area contributed by atoms with Gasteiger partial charge in [-0.2, -0.15) is 0 Å². The first-order valence-corrected chi connectivity index (χ1v) is 9.84. The summed E-state index contributed by atoms with van der Waals surface area (Å²) >= 11 is 5.84. The fourth-order valence-electron chi connectivity index (χ4n) is 3.28. The first-order valence-electron chi connectivity index (χ1n) is 9.46. The van der Waals surface area contributed by atoms with Gasteiger partial charge in [-0.1, -0.05) is 17.7 Å². The fourth-order valence-corrected chi connectivity index (χ4v) is 3.41. The van der Waals surface area contributed by atoms with Crippen LogP contribution in [0.5, 0.6) is 23.0 Å². The number of halogens is 1. The molecule has 0 bridgehead atoms. The highest BCUT2D eigenvalue weighted by Gasteiger charge is 2.28. The number of hydrogen-bond donors (Lipinski definition) is 0. The Bertz CT molecular complexity index is 1230. The highest BCUT2D eigenvalue weighted by molar-refractivity contribution is 6.30. The molecule has 2 aliphatic heterocycles. The molecule has 0 amide bonds. The minimum atomic E-state index is -0.226. The van der Waals surface area contributed by atoms with Crippen LogP contribution in [0, 0.1) is 0 Å². The van der Waals surface area contributed by atoms with Crippen molar-refractivity contribution in [3.63, 3.8) is 0 Å². The molecule has 2 aliphatic rings. The third-order valence-corrected chi connectivity index (χ3v) is 5.12. The summed E-state index contributed by atoms with van der Waals surface area (Å²) in [6.07, 6.45) is 1.65. The monoisotopic (exact) mass is 434 g/mol. The molecule has 0 N–H and O–H groups in total. The molecule has 0 saturated carbocycles. The number of carbonyl (C=O) groups is 2. The van der Waals surface area contributed by atoms with Gasteiger partial charge in [-0.05, 0) is 60.2 Å². The fraction of sp³-hybridized carbons (Fsp3) is 0.0833. The molecule has 3 aromatic carbocycles. The van der Waals surface area contributed by atoms with Gasteiger partial charge in [0.25, 0.3) is 0 Å². The summed E-state index contributed by atoms with van der Waals surface area (Å²) in [7, 11) is 0. The van der Waals surface area contributed by atoms with Crippen LogP contribution in [0.25, 0.3) is 6.08 Å². The number of rotatable bonds is 5. The molecule has 0 aliphatic carbocycles. The lowest BCUT2D eigenvalue weighted by molar-refractivity contribution is 0.0921. The predicted octanol–water partition coefficient (Wildman–Crippen LogP) is 4.95. The van der Waals surface area contributed by atoms with E-state index < -0.39 is 0 Å². The van der Waals surface area contributed by atoms with Crippen LogP contribution in [0.1, 0.15) is 26.3 Å². The van der Waals surface area contributed by atoms with Crippen molar-refractivity contribution in [3.8, 4) is 23.0 Å². The van der Waals surface area contributed by atoms with Crippen molar-refractivity contribution in [1.29, 1.82) is 0 Å². The summed E-state index contributed by atoms with van der Waals surface area (Å²) in [4.78, 5) is 24.9. The van der Waals surface area contributed by atoms with Crippen molar-refractivity contribution in [2.45, 2.75) is 0 Å². The van der Waals surface area contributed by atoms with Gasteiger partial charge >= 0.3 is 0 Å². The van der Waals surface area contributed by atoms with E-state index in [9.17, 15) is 9.59 Å². The molecule has 0 atom stereocenters. The molecule has 2 heterocycles. The Balaban J connectivity index is 1.29. The minimum absolute atomic E-state index is 0.145. The normalized spacial score (nSPS) is 15.0. The van der Waals surface area contributed by atoms with E-state index in [1.807, 2.05) is 6.07 Å². The maximum absolute atomic E-state index is 12.7. The molecular weight excluding hydrogens is 420 g/mol. The molecule has 5 rings (SSSR count).